The normalized spacial score (nSPS) is 14.2. The van der Waals surface area contributed by atoms with Gasteiger partial charge in [-0.1, -0.05) is 26.0 Å². The fraction of sp³-hybridized carbons (Fsp3) is 0.500. The predicted molar refractivity (Wildman–Crippen MR) is 122 cm³/mol. The van der Waals surface area contributed by atoms with Crippen molar-refractivity contribution >= 4 is 11.5 Å². The van der Waals surface area contributed by atoms with E-state index in [1.807, 2.05) is 22.7 Å². The number of ether oxygens (including phenoxy) is 1. The summed E-state index contributed by atoms with van der Waals surface area (Å²) in [6, 6.07) is 10.1. The van der Waals surface area contributed by atoms with Crippen LogP contribution in [0.15, 0.2) is 30.3 Å². The van der Waals surface area contributed by atoms with Crippen LogP contribution >= 0.6 is 0 Å². The van der Waals surface area contributed by atoms with Crippen molar-refractivity contribution in [1.82, 2.24) is 14.6 Å². The van der Waals surface area contributed by atoms with E-state index in [1.54, 1.807) is 7.11 Å². The van der Waals surface area contributed by atoms with Crippen LogP contribution in [0.3, 0.4) is 0 Å². The molecule has 0 radical (unpaired) electrons. The summed E-state index contributed by atoms with van der Waals surface area (Å²) in [6.07, 6.45) is 4.53. The molecule has 0 fully saturated rings. The molecule has 1 aliphatic rings. The van der Waals surface area contributed by atoms with E-state index in [0.717, 1.165) is 54.4 Å². The summed E-state index contributed by atoms with van der Waals surface area (Å²) < 4.78 is 7.41. The molecule has 1 aromatic carbocycles. The van der Waals surface area contributed by atoms with Gasteiger partial charge in [0.2, 0.25) is 0 Å². The smallest absolute Gasteiger partial charge is 0.158 e. The number of benzene rings is 1. The number of rotatable bonds is 7. The lowest BCUT2D eigenvalue weighted by Crippen LogP contribution is -3.07. The molecular formula is C24H34N5O+. The number of quaternary nitrogens is 1. The molecule has 3 aromatic rings. The Morgan fingerprint density at radius 2 is 1.97 bits per heavy atom. The molecule has 30 heavy (non-hydrogen) atoms. The fourth-order valence-corrected chi connectivity index (χ4v) is 4.60. The van der Waals surface area contributed by atoms with E-state index in [0.29, 0.717) is 0 Å². The van der Waals surface area contributed by atoms with E-state index >= 15 is 0 Å². The summed E-state index contributed by atoms with van der Waals surface area (Å²) in [6.45, 7) is 6.65. The molecule has 6 heteroatoms. The van der Waals surface area contributed by atoms with Crippen molar-refractivity contribution in [2.45, 2.75) is 39.5 Å². The number of hydrogen-bond donors (Lipinski definition) is 2. The molecule has 2 heterocycles. The van der Waals surface area contributed by atoms with Crippen molar-refractivity contribution in [3.63, 3.8) is 0 Å². The van der Waals surface area contributed by atoms with Gasteiger partial charge in [-0.2, -0.15) is 9.61 Å². The minimum atomic E-state index is 0.179. The quantitative estimate of drug-likeness (QED) is 0.631. The molecule has 2 aromatic heterocycles. The van der Waals surface area contributed by atoms with Crippen LogP contribution in [0.25, 0.3) is 16.9 Å². The first kappa shape index (κ1) is 20.7. The van der Waals surface area contributed by atoms with E-state index < -0.39 is 0 Å². The molecule has 0 aliphatic heterocycles. The first-order chi connectivity index (χ1) is 14.4. The number of nitrogens with zero attached hydrogens (tertiary/aromatic N) is 3. The van der Waals surface area contributed by atoms with Gasteiger partial charge in [0.1, 0.15) is 11.6 Å². The SMILES string of the molecule is COc1cccc(-c2cc3nc4c(c(NCC(C)(C)C[NH+](C)C)n3n2)CCCC4)c1. The van der Waals surface area contributed by atoms with Gasteiger partial charge < -0.3 is 15.0 Å². The number of hydrogen-bond acceptors (Lipinski definition) is 4. The minimum Gasteiger partial charge on any atom is -0.497 e. The van der Waals surface area contributed by atoms with E-state index in [9.17, 15) is 0 Å². The highest BCUT2D eigenvalue weighted by Gasteiger charge is 2.25. The van der Waals surface area contributed by atoms with Gasteiger partial charge in [-0.15, -0.1) is 0 Å². The second-order valence-electron chi connectivity index (χ2n) is 9.53. The van der Waals surface area contributed by atoms with Crippen LogP contribution in [0.1, 0.15) is 37.9 Å². The van der Waals surface area contributed by atoms with E-state index in [2.05, 4.69) is 45.4 Å². The summed E-state index contributed by atoms with van der Waals surface area (Å²) in [5, 5.41) is 8.73. The molecule has 0 saturated heterocycles. The lowest BCUT2D eigenvalue weighted by Gasteiger charge is -2.28. The van der Waals surface area contributed by atoms with Gasteiger partial charge >= 0.3 is 0 Å². The summed E-state index contributed by atoms with van der Waals surface area (Å²) in [7, 11) is 6.11. The zero-order chi connectivity index (χ0) is 21.3. The summed E-state index contributed by atoms with van der Waals surface area (Å²) in [4.78, 5) is 6.44. The van der Waals surface area contributed by atoms with Crippen LogP contribution in [-0.2, 0) is 12.8 Å². The van der Waals surface area contributed by atoms with Gasteiger partial charge in [0.15, 0.2) is 5.65 Å². The Balaban J connectivity index is 1.75. The second-order valence-corrected chi connectivity index (χ2v) is 9.53. The summed E-state index contributed by atoms with van der Waals surface area (Å²) in [5.41, 5.74) is 5.61. The lowest BCUT2D eigenvalue weighted by atomic mass is 9.92. The number of nitrogens with one attached hydrogen (secondary N) is 2. The molecular weight excluding hydrogens is 374 g/mol. The fourth-order valence-electron chi connectivity index (χ4n) is 4.60. The van der Waals surface area contributed by atoms with Crippen LogP contribution in [0.5, 0.6) is 5.75 Å². The Hall–Kier alpha value is -2.60. The lowest BCUT2D eigenvalue weighted by molar-refractivity contribution is -0.865. The Bertz CT molecular complexity index is 1040. The molecule has 4 rings (SSSR count). The van der Waals surface area contributed by atoms with Crippen LogP contribution < -0.4 is 15.0 Å². The maximum atomic E-state index is 5.40. The Morgan fingerprint density at radius 1 is 1.17 bits per heavy atom. The van der Waals surface area contributed by atoms with Crippen LogP contribution in [0, 0.1) is 5.41 Å². The van der Waals surface area contributed by atoms with Crippen LogP contribution in [-0.4, -0.2) is 48.9 Å². The van der Waals surface area contributed by atoms with Crippen molar-refractivity contribution < 1.29 is 9.64 Å². The zero-order valence-corrected chi connectivity index (χ0v) is 18.9. The van der Waals surface area contributed by atoms with Crippen molar-refractivity contribution in [3.8, 4) is 17.0 Å². The molecule has 0 unspecified atom stereocenters. The third-order valence-electron chi connectivity index (χ3n) is 5.81. The van der Waals surface area contributed by atoms with Gasteiger partial charge in [0, 0.05) is 34.8 Å². The predicted octanol–water partition coefficient (Wildman–Crippen LogP) is 2.87. The highest BCUT2D eigenvalue weighted by atomic mass is 16.5. The van der Waals surface area contributed by atoms with Crippen molar-refractivity contribution in [1.29, 1.82) is 0 Å². The maximum Gasteiger partial charge on any atom is 0.158 e. The molecule has 160 valence electrons. The third kappa shape index (κ3) is 4.29. The molecule has 1 aliphatic carbocycles. The highest BCUT2D eigenvalue weighted by Crippen LogP contribution is 2.31. The average molecular weight is 409 g/mol. The van der Waals surface area contributed by atoms with Crippen LogP contribution in [0.4, 0.5) is 5.82 Å². The first-order valence-electron chi connectivity index (χ1n) is 11.0. The first-order valence-corrected chi connectivity index (χ1v) is 11.0. The van der Waals surface area contributed by atoms with Crippen molar-refractivity contribution in [2.75, 3.05) is 39.6 Å². The Morgan fingerprint density at radius 3 is 2.73 bits per heavy atom. The molecule has 0 saturated carbocycles. The van der Waals surface area contributed by atoms with E-state index in [1.165, 1.54) is 29.0 Å². The molecule has 0 atom stereocenters. The van der Waals surface area contributed by atoms with Gasteiger partial charge in [0.25, 0.3) is 0 Å². The second kappa shape index (κ2) is 8.26. The van der Waals surface area contributed by atoms with Gasteiger partial charge in [0.05, 0.1) is 33.4 Å². The zero-order valence-electron chi connectivity index (χ0n) is 18.9. The number of anilines is 1. The van der Waals surface area contributed by atoms with Gasteiger partial charge in [-0.05, 0) is 37.8 Å². The number of aryl methyl sites for hydroxylation is 1. The third-order valence-corrected chi connectivity index (χ3v) is 5.81. The Labute approximate surface area is 179 Å². The molecule has 0 bridgehead atoms. The molecule has 0 amide bonds. The summed E-state index contributed by atoms with van der Waals surface area (Å²) in [5.74, 6) is 1.95. The molecule has 2 N–H and O–H groups in total. The standard InChI is InChI=1S/C24H33N5O/c1-24(2,16-28(3)4)15-25-23-19-11-6-7-12-20(19)26-22-14-21(27-29(22)23)17-9-8-10-18(13-17)30-5/h8-10,13-14,25H,6-7,11-12,15-16H2,1-5H3/p+1. The molecule has 0 spiro atoms. The topological polar surface area (TPSA) is 55.9 Å². The number of aromatic nitrogens is 3. The highest BCUT2D eigenvalue weighted by molar-refractivity contribution is 5.68. The largest absolute Gasteiger partial charge is 0.497 e. The van der Waals surface area contributed by atoms with Crippen molar-refractivity contribution in [3.05, 3.63) is 41.6 Å². The monoisotopic (exact) mass is 408 g/mol. The number of methoxy groups -OCH3 is 1. The van der Waals surface area contributed by atoms with Crippen molar-refractivity contribution in [2.24, 2.45) is 5.41 Å². The molecule has 6 nitrogen and oxygen atoms in total. The van der Waals surface area contributed by atoms with E-state index in [4.69, 9.17) is 14.8 Å². The van der Waals surface area contributed by atoms with Gasteiger partial charge in [-0.3, -0.25) is 0 Å². The van der Waals surface area contributed by atoms with Gasteiger partial charge in [-0.25, -0.2) is 4.98 Å². The Kier molecular flexibility index (Phi) is 5.69. The van der Waals surface area contributed by atoms with Crippen LogP contribution in [0.2, 0.25) is 0 Å². The average Bonchev–Trinajstić information content (AvgIpc) is 3.14. The number of fused-ring (bicyclic) bond motifs is 2. The maximum absolute atomic E-state index is 5.40. The van der Waals surface area contributed by atoms with E-state index in [-0.39, 0.29) is 5.41 Å². The minimum absolute atomic E-state index is 0.179. The summed E-state index contributed by atoms with van der Waals surface area (Å²) >= 11 is 0.